The second-order valence-electron chi connectivity index (χ2n) is 7.79. The Morgan fingerprint density at radius 2 is 1.97 bits per heavy atom. The number of benzene rings is 1. The molecule has 8 heteroatoms. The Morgan fingerprint density at radius 3 is 2.76 bits per heavy atom. The minimum Gasteiger partial charge on any atom is -0.379 e. The molecule has 0 aliphatic heterocycles. The molecule has 0 aliphatic rings. The molecule has 34 heavy (non-hydrogen) atoms. The molecule has 5 aromatic rings. The van der Waals surface area contributed by atoms with E-state index >= 15 is 0 Å². The van der Waals surface area contributed by atoms with Gasteiger partial charge in [-0.05, 0) is 49.4 Å². The first-order valence-electron chi connectivity index (χ1n) is 10.6. The maximum atomic E-state index is 11.8. The van der Waals surface area contributed by atoms with Crippen molar-refractivity contribution in [3.8, 4) is 29.5 Å². The number of aryl methyl sites for hydroxylation is 1. The number of carbonyl (C=O) groups is 1. The van der Waals surface area contributed by atoms with Crippen LogP contribution < -0.4 is 11.1 Å². The Morgan fingerprint density at radius 1 is 1.12 bits per heavy atom. The normalized spacial score (nSPS) is 10.8. The van der Waals surface area contributed by atoms with Gasteiger partial charge in [-0.1, -0.05) is 18.1 Å². The summed E-state index contributed by atoms with van der Waals surface area (Å²) in [7, 11) is 0. The molecule has 0 unspecified atom stereocenters. The Hall–Kier alpha value is -4.90. The molecule has 0 spiro atoms. The van der Waals surface area contributed by atoms with Gasteiger partial charge in [-0.2, -0.15) is 0 Å². The highest BCUT2D eigenvalue weighted by Gasteiger charge is 2.15. The molecule has 1 aromatic carbocycles. The first-order valence-corrected chi connectivity index (χ1v) is 10.6. The number of rotatable bonds is 6. The third kappa shape index (κ3) is 3.98. The van der Waals surface area contributed by atoms with Crippen LogP contribution in [0.3, 0.4) is 0 Å². The van der Waals surface area contributed by atoms with Crippen molar-refractivity contribution >= 4 is 17.2 Å². The van der Waals surface area contributed by atoms with Crippen LogP contribution in [-0.4, -0.2) is 29.8 Å². The van der Waals surface area contributed by atoms with Crippen LogP contribution in [0.1, 0.15) is 27.4 Å². The number of imidazole rings is 2. The Bertz CT molecular complexity index is 1570. The minimum absolute atomic E-state index is 0.308. The van der Waals surface area contributed by atoms with Gasteiger partial charge in [0.1, 0.15) is 17.0 Å². The van der Waals surface area contributed by atoms with E-state index in [1.807, 2.05) is 78.5 Å². The second kappa shape index (κ2) is 8.56. The van der Waals surface area contributed by atoms with Crippen molar-refractivity contribution in [3.05, 3.63) is 95.8 Å². The molecule has 4 heterocycles. The Kier molecular flexibility index (Phi) is 5.28. The third-order valence-electron chi connectivity index (χ3n) is 5.40. The number of hydrogen-bond acceptors (Lipinski definition) is 5. The highest BCUT2D eigenvalue weighted by molar-refractivity contribution is 5.91. The summed E-state index contributed by atoms with van der Waals surface area (Å²) in [6.07, 6.45) is 10.7. The van der Waals surface area contributed by atoms with Crippen LogP contribution in [0.5, 0.6) is 0 Å². The number of aromatic nitrogens is 5. The van der Waals surface area contributed by atoms with E-state index in [4.69, 9.17) is 17.1 Å². The molecule has 3 N–H and O–H groups in total. The van der Waals surface area contributed by atoms with Gasteiger partial charge in [0.2, 0.25) is 0 Å². The SMILES string of the molecule is C#Cc1cccc(NCc2cn(-c3ccc4ncc(C(N)=O)n4c3)c(-c3cccc(C)n3)n2)c1. The van der Waals surface area contributed by atoms with Gasteiger partial charge in [-0.25, -0.2) is 15.0 Å². The number of carbonyl (C=O) groups excluding carboxylic acids is 1. The van der Waals surface area contributed by atoms with Gasteiger partial charge >= 0.3 is 0 Å². The van der Waals surface area contributed by atoms with E-state index in [-0.39, 0.29) is 0 Å². The number of fused-ring (bicyclic) bond motifs is 1. The first kappa shape index (κ1) is 21.0. The molecular weight excluding hydrogens is 426 g/mol. The first-order chi connectivity index (χ1) is 16.5. The fraction of sp³-hybridized carbons (Fsp3) is 0.0769. The van der Waals surface area contributed by atoms with E-state index in [2.05, 4.69) is 21.2 Å². The molecule has 8 nitrogen and oxygen atoms in total. The lowest BCUT2D eigenvalue weighted by molar-refractivity contribution is 0.0994. The number of amides is 1. The van der Waals surface area contributed by atoms with E-state index in [1.54, 1.807) is 4.40 Å². The number of nitrogens with zero attached hydrogens (tertiary/aromatic N) is 5. The molecule has 166 valence electrons. The summed E-state index contributed by atoms with van der Waals surface area (Å²) in [4.78, 5) is 25.6. The summed E-state index contributed by atoms with van der Waals surface area (Å²) in [5.74, 6) is 2.78. The molecule has 0 saturated heterocycles. The minimum atomic E-state index is -0.546. The lowest BCUT2D eigenvalue weighted by atomic mass is 10.2. The maximum Gasteiger partial charge on any atom is 0.267 e. The van der Waals surface area contributed by atoms with Crippen LogP contribution in [0.25, 0.3) is 22.9 Å². The van der Waals surface area contributed by atoms with Gasteiger partial charge < -0.3 is 11.1 Å². The highest BCUT2D eigenvalue weighted by Crippen LogP contribution is 2.23. The van der Waals surface area contributed by atoms with Gasteiger partial charge in [0.05, 0.1) is 24.1 Å². The molecule has 0 fully saturated rings. The Balaban J connectivity index is 1.57. The van der Waals surface area contributed by atoms with Crippen LogP contribution in [-0.2, 0) is 6.54 Å². The van der Waals surface area contributed by atoms with E-state index in [9.17, 15) is 4.79 Å². The van der Waals surface area contributed by atoms with Gasteiger partial charge in [-0.3, -0.25) is 13.8 Å². The zero-order valence-electron chi connectivity index (χ0n) is 18.4. The lowest BCUT2D eigenvalue weighted by Gasteiger charge is -2.09. The van der Waals surface area contributed by atoms with Crippen molar-refractivity contribution in [2.45, 2.75) is 13.5 Å². The number of nitrogens with one attached hydrogen (secondary N) is 1. The molecule has 0 bridgehead atoms. The smallest absolute Gasteiger partial charge is 0.267 e. The van der Waals surface area contributed by atoms with Gasteiger partial charge in [0, 0.05) is 29.3 Å². The van der Waals surface area contributed by atoms with Crippen LogP contribution >= 0.6 is 0 Å². The summed E-state index contributed by atoms with van der Waals surface area (Å²) in [6, 6.07) is 17.2. The summed E-state index contributed by atoms with van der Waals surface area (Å²) in [6.45, 7) is 2.42. The average Bonchev–Trinajstić information content (AvgIpc) is 3.47. The summed E-state index contributed by atoms with van der Waals surface area (Å²) in [5, 5.41) is 3.37. The number of pyridine rings is 2. The van der Waals surface area contributed by atoms with Crippen molar-refractivity contribution in [1.29, 1.82) is 0 Å². The van der Waals surface area contributed by atoms with Crippen LogP contribution in [0.4, 0.5) is 5.69 Å². The summed E-state index contributed by atoms with van der Waals surface area (Å²) < 4.78 is 3.62. The van der Waals surface area contributed by atoms with Crippen molar-refractivity contribution in [1.82, 2.24) is 23.9 Å². The van der Waals surface area contributed by atoms with Gasteiger partial charge in [0.15, 0.2) is 5.82 Å². The summed E-state index contributed by atoms with van der Waals surface area (Å²) >= 11 is 0. The number of primary amides is 1. The van der Waals surface area contributed by atoms with Crippen LogP contribution in [0.2, 0.25) is 0 Å². The van der Waals surface area contributed by atoms with E-state index in [0.717, 1.165) is 34.0 Å². The zero-order valence-corrected chi connectivity index (χ0v) is 18.4. The average molecular weight is 448 g/mol. The van der Waals surface area contributed by atoms with E-state index in [0.29, 0.717) is 23.7 Å². The molecule has 0 aliphatic carbocycles. The number of anilines is 1. The van der Waals surface area contributed by atoms with Crippen molar-refractivity contribution < 1.29 is 4.79 Å². The molecule has 5 rings (SSSR count). The quantitative estimate of drug-likeness (QED) is 0.387. The standard InChI is InChI=1S/C26H21N7O/c1-3-18-7-5-8-19(12-18)28-13-20-15-32(26(31-20)22-9-4-6-17(2)30-22)21-10-11-24-29-14-23(25(27)34)33(24)16-21/h1,4-12,14-16,28H,13H2,2H3,(H2,27,34). The van der Waals surface area contributed by atoms with Crippen molar-refractivity contribution in [2.24, 2.45) is 5.73 Å². The van der Waals surface area contributed by atoms with Crippen molar-refractivity contribution in [2.75, 3.05) is 5.32 Å². The molecule has 0 radical (unpaired) electrons. The van der Waals surface area contributed by atoms with Gasteiger partial charge in [0.25, 0.3) is 5.91 Å². The molecule has 4 aromatic heterocycles. The lowest BCUT2D eigenvalue weighted by Crippen LogP contribution is -2.13. The molecule has 0 saturated carbocycles. The fourth-order valence-electron chi connectivity index (χ4n) is 3.76. The predicted molar refractivity (Wildman–Crippen MR) is 131 cm³/mol. The fourth-order valence-corrected chi connectivity index (χ4v) is 3.76. The Labute approximate surface area is 196 Å². The van der Waals surface area contributed by atoms with Crippen LogP contribution in [0.15, 0.2) is 73.2 Å². The topological polar surface area (TPSA) is 103 Å². The largest absolute Gasteiger partial charge is 0.379 e. The molecular formula is C26H21N7O. The highest BCUT2D eigenvalue weighted by atomic mass is 16.1. The van der Waals surface area contributed by atoms with E-state index < -0.39 is 5.91 Å². The third-order valence-corrected chi connectivity index (χ3v) is 5.40. The number of nitrogens with two attached hydrogens (primary N) is 1. The number of terminal acetylenes is 1. The monoisotopic (exact) mass is 447 g/mol. The molecule has 0 atom stereocenters. The van der Waals surface area contributed by atoms with E-state index in [1.165, 1.54) is 6.20 Å². The maximum absolute atomic E-state index is 11.8. The summed E-state index contributed by atoms with van der Waals surface area (Å²) in [5.41, 5.74) is 11.4. The van der Waals surface area contributed by atoms with Gasteiger partial charge in [-0.15, -0.1) is 6.42 Å². The van der Waals surface area contributed by atoms with Crippen molar-refractivity contribution in [3.63, 3.8) is 0 Å². The zero-order chi connectivity index (χ0) is 23.7. The predicted octanol–water partition coefficient (Wildman–Crippen LogP) is 3.58. The number of hydrogen-bond donors (Lipinski definition) is 2. The molecule has 1 amide bonds. The second-order valence-corrected chi connectivity index (χ2v) is 7.79. The van der Waals surface area contributed by atoms with Crippen LogP contribution in [0, 0.1) is 19.3 Å².